The van der Waals surface area contributed by atoms with E-state index in [-0.39, 0.29) is 6.04 Å². The summed E-state index contributed by atoms with van der Waals surface area (Å²) in [5.74, 6) is 0.771. The van der Waals surface area contributed by atoms with Gasteiger partial charge in [0.2, 0.25) is 0 Å². The molecular formula is C12H23N3. The summed E-state index contributed by atoms with van der Waals surface area (Å²) in [7, 11) is 1.94. The number of rotatable bonds is 5. The van der Waals surface area contributed by atoms with Gasteiger partial charge in [0, 0.05) is 24.8 Å². The van der Waals surface area contributed by atoms with E-state index in [1.807, 2.05) is 24.9 Å². The van der Waals surface area contributed by atoms with Crippen molar-refractivity contribution in [2.24, 2.45) is 18.7 Å². The van der Waals surface area contributed by atoms with E-state index in [1.54, 1.807) is 0 Å². The summed E-state index contributed by atoms with van der Waals surface area (Å²) >= 11 is 0. The van der Waals surface area contributed by atoms with E-state index in [4.69, 9.17) is 5.73 Å². The second kappa shape index (κ2) is 5.31. The normalized spacial score (nSPS) is 13.5. The molecular weight excluding hydrogens is 186 g/mol. The first-order chi connectivity index (χ1) is 7.00. The Morgan fingerprint density at radius 3 is 2.53 bits per heavy atom. The average Bonchev–Trinajstić information content (AvgIpc) is 2.44. The average molecular weight is 209 g/mol. The lowest BCUT2D eigenvalue weighted by molar-refractivity contribution is 0.505. The molecule has 0 radical (unpaired) electrons. The molecule has 1 rings (SSSR count). The van der Waals surface area contributed by atoms with E-state index >= 15 is 0 Å². The number of aromatic nitrogens is 2. The number of nitrogens with two attached hydrogens (primary N) is 1. The summed E-state index contributed by atoms with van der Waals surface area (Å²) in [5.41, 5.74) is 8.40. The first-order valence-electron chi connectivity index (χ1n) is 5.76. The van der Waals surface area contributed by atoms with Gasteiger partial charge in [-0.25, -0.2) is 0 Å². The Morgan fingerprint density at radius 1 is 1.40 bits per heavy atom. The fourth-order valence-electron chi connectivity index (χ4n) is 1.88. The maximum Gasteiger partial charge on any atom is 0.0641 e. The third-order valence-electron chi connectivity index (χ3n) is 2.75. The largest absolute Gasteiger partial charge is 0.324 e. The predicted molar refractivity (Wildman–Crippen MR) is 63.6 cm³/mol. The van der Waals surface area contributed by atoms with Crippen molar-refractivity contribution in [3.63, 3.8) is 0 Å². The maximum atomic E-state index is 6.14. The summed E-state index contributed by atoms with van der Waals surface area (Å²) in [6, 6.07) is 0.150. The van der Waals surface area contributed by atoms with Crippen molar-refractivity contribution in [1.29, 1.82) is 0 Å². The van der Waals surface area contributed by atoms with Crippen LogP contribution in [0.4, 0.5) is 0 Å². The molecule has 3 nitrogen and oxygen atoms in total. The van der Waals surface area contributed by atoms with Crippen LogP contribution >= 0.6 is 0 Å². The fraction of sp³-hybridized carbons (Fsp3) is 0.750. The lowest BCUT2D eigenvalue weighted by Gasteiger charge is -2.11. The molecule has 2 N–H and O–H groups in total. The van der Waals surface area contributed by atoms with Crippen LogP contribution in [0.3, 0.4) is 0 Å². The van der Waals surface area contributed by atoms with Crippen LogP contribution in [-0.2, 0) is 7.05 Å². The van der Waals surface area contributed by atoms with Crippen molar-refractivity contribution in [3.05, 3.63) is 17.5 Å². The second-order valence-corrected chi connectivity index (χ2v) is 4.77. The van der Waals surface area contributed by atoms with Crippen LogP contribution < -0.4 is 5.73 Å². The molecule has 0 spiro atoms. The minimum atomic E-state index is 0.150. The minimum Gasteiger partial charge on any atom is -0.324 e. The van der Waals surface area contributed by atoms with E-state index < -0.39 is 0 Å². The van der Waals surface area contributed by atoms with Crippen LogP contribution in [0.15, 0.2) is 6.20 Å². The smallest absolute Gasteiger partial charge is 0.0641 e. The predicted octanol–water partition coefficient (Wildman–Crippen LogP) is 2.55. The van der Waals surface area contributed by atoms with Gasteiger partial charge in [0.05, 0.1) is 5.69 Å². The first-order valence-corrected chi connectivity index (χ1v) is 5.76. The van der Waals surface area contributed by atoms with Gasteiger partial charge in [-0.3, -0.25) is 4.68 Å². The van der Waals surface area contributed by atoms with Gasteiger partial charge in [0.25, 0.3) is 0 Å². The van der Waals surface area contributed by atoms with E-state index in [0.717, 1.165) is 18.0 Å². The molecule has 0 amide bonds. The molecule has 0 saturated carbocycles. The summed E-state index contributed by atoms with van der Waals surface area (Å²) in [5, 5.41) is 4.31. The molecule has 0 bridgehead atoms. The molecule has 0 fully saturated rings. The van der Waals surface area contributed by atoms with Crippen molar-refractivity contribution >= 4 is 0 Å². The van der Waals surface area contributed by atoms with Gasteiger partial charge in [-0.2, -0.15) is 5.10 Å². The van der Waals surface area contributed by atoms with Crippen LogP contribution in [0.25, 0.3) is 0 Å². The number of nitrogens with zero attached hydrogens (tertiary/aromatic N) is 2. The highest BCUT2D eigenvalue weighted by Crippen LogP contribution is 2.20. The zero-order valence-electron chi connectivity index (χ0n) is 10.3. The summed E-state index contributed by atoms with van der Waals surface area (Å²) in [4.78, 5) is 0. The SMILES string of the molecule is Cc1nn(C)cc1C(N)CCCC(C)C. The molecule has 0 saturated heterocycles. The van der Waals surface area contributed by atoms with Crippen LogP contribution in [0.5, 0.6) is 0 Å². The standard InChI is InChI=1S/C12H23N3/c1-9(2)6-5-7-12(13)11-8-15(4)14-10(11)3/h8-9,12H,5-7,13H2,1-4H3. The van der Waals surface area contributed by atoms with Gasteiger partial charge in [-0.15, -0.1) is 0 Å². The number of aryl methyl sites for hydroxylation is 2. The zero-order chi connectivity index (χ0) is 11.4. The van der Waals surface area contributed by atoms with Crippen molar-refractivity contribution in [3.8, 4) is 0 Å². The quantitative estimate of drug-likeness (QED) is 0.810. The van der Waals surface area contributed by atoms with Gasteiger partial charge in [-0.05, 0) is 19.3 Å². The van der Waals surface area contributed by atoms with Crippen molar-refractivity contribution < 1.29 is 0 Å². The Kier molecular flexibility index (Phi) is 4.33. The molecule has 15 heavy (non-hydrogen) atoms. The van der Waals surface area contributed by atoms with E-state index in [9.17, 15) is 0 Å². The highest BCUT2D eigenvalue weighted by molar-refractivity contribution is 5.19. The molecule has 0 aliphatic carbocycles. The van der Waals surface area contributed by atoms with Gasteiger partial charge >= 0.3 is 0 Å². The first kappa shape index (κ1) is 12.2. The highest BCUT2D eigenvalue weighted by Gasteiger charge is 2.11. The van der Waals surface area contributed by atoms with Crippen LogP contribution in [0.1, 0.15) is 50.4 Å². The van der Waals surface area contributed by atoms with Crippen LogP contribution in [-0.4, -0.2) is 9.78 Å². The van der Waals surface area contributed by atoms with E-state index in [0.29, 0.717) is 0 Å². The van der Waals surface area contributed by atoms with E-state index in [2.05, 4.69) is 18.9 Å². The molecule has 0 aromatic carbocycles. The molecule has 0 aliphatic rings. The van der Waals surface area contributed by atoms with Crippen LogP contribution in [0, 0.1) is 12.8 Å². The Balaban J connectivity index is 2.46. The molecule has 1 aromatic rings. The van der Waals surface area contributed by atoms with Gasteiger partial charge in [-0.1, -0.05) is 26.7 Å². The van der Waals surface area contributed by atoms with Crippen molar-refractivity contribution in [1.82, 2.24) is 9.78 Å². The molecule has 1 heterocycles. The topological polar surface area (TPSA) is 43.8 Å². The zero-order valence-corrected chi connectivity index (χ0v) is 10.3. The summed E-state index contributed by atoms with van der Waals surface area (Å²) < 4.78 is 1.84. The third kappa shape index (κ3) is 3.67. The maximum absolute atomic E-state index is 6.14. The minimum absolute atomic E-state index is 0.150. The molecule has 0 aliphatic heterocycles. The van der Waals surface area contributed by atoms with Gasteiger partial charge in [0.15, 0.2) is 0 Å². The number of hydrogen-bond acceptors (Lipinski definition) is 2. The van der Waals surface area contributed by atoms with Gasteiger partial charge < -0.3 is 5.73 Å². The lowest BCUT2D eigenvalue weighted by atomic mass is 9.99. The molecule has 1 aromatic heterocycles. The second-order valence-electron chi connectivity index (χ2n) is 4.77. The lowest BCUT2D eigenvalue weighted by Crippen LogP contribution is -2.11. The molecule has 3 heteroatoms. The fourth-order valence-corrected chi connectivity index (χ4v) is 1.88. The molecule has 1 unspecified atom stereocenters. The van der Waals surface area contributed by atoms with E-state index in [1.165, 1.54) is 18.4 Å². The van der Waals surface area contributed by atoms with Gasteiger partial charge in [0.1, 0.15) is 0 Å². The van der Waals surface area contributed by atoms with Crippen molar-refractivity contribution in [2.75, 3.05) is 0 Å². The number of hydrogen-bond donors (Lipinski definition) is 1. The van der Waals surface area contributed by atoms with Crippen LogP contribution in [0.2, 0.25) is 0 Å². The third-order valence-corrected chi connectivity index (χ3v) is 2.75. The Hall–Kier alpha value is -0.830. The van der Waals surface area contributed by atoms with Crippen molar-refractivity contribution in [2.45, 2.75) is 46.1 Å². The monoisotopic (exact) mass is 209 g/mol. The summed E-state index contributed by atoms with van der Waals surface area (Å²) in [6.45, 7) is 6.53. The molecule has 1 atom stereocenters. The molecule has 86 valence electrons. The summed E-state index contributed by atoms with van der Waals surface area (Å²) in [6.07, 6.45) is 5.56. The Morgan fingerprint density at radius 2 is 2.07 bits per heavy atom. The Labute approximate surface area is 92.7 Å². The highest BCUT2D eigenvalue weighted by atomic mass is 15.2. The Bertz CT molecular complexity index is 302.